The Morgan fingerprint density at radius 2 is 0.932 bits per heavy atom. The summed E-state index contributed by atoms with van der Waals surface area (Å²) >= 11 is 0. The molecule has 0 spiro atoms. The Morgan fingerprint density at radius 3 is 1.32 bits per heavy atom. The first-order valence-electron chi connectivity index (χ1n) is 25.5. The molecule has 0 saturated carbocycles. The van der Waals surface area contributed by atoms with E-state index in [4.69, 9.17) is 9.05 Å². The highest BCUT2D eigenvalue weighted by Crippen LogP contribution is 2.38. The van der Waals surface area contributed by atoms with Crippen LogP contribution in [0.5, 0.6) is 0 Å². The maximum Gasteiger partial charge on any atom is 0.268 e. The van der Waals surface area contributed by atoms with Crippen LogP contribution in [0.25, 0.3) is 0 Å². The molecule has 59 heavy (non-hydrogen) atoms. The van der Waals surface area contributed by atoms with Gasteiger partial charge in [0, 0.05) is 6.42 Å². The largest absolute Gasteiger partial charge is 0.756 e. The third kappa shape index (κ3) is 45.1. The van der Waals surface area contributed by atoms with Crippen LogP contribution in [0.1, 0.15) is 251 Å². The number of allylic oxidation sites excluding steroid dienone is 2. The summed E-state index contributed by atoms with van der Waals surface area (Å²) in [6.45, 7) is 4.74. The second-order valence-electron chi connectivity index (χ2n) is 18.9. The van der Waals surface area contributed by atoms with Crippen LogP contribution >= 0.6 is 7.82 Å². The Kier molecular flexibility index (Phi) is 42.0. The molecule has 0 rings (SSSR count). The normalized spacial score (nSPS) is 14.2. The van der Waals surface area contributed by atoms with Gasteiger partial charge in [-0.3, -0.25) is 9.36 Å². The van der Waals surface area contributed by atoms with Crippen LogP contribution in [0.4, 0.5) is 0 Å². The number of hydrogen-bond donors (Lipinski definition) is 2. The SMILES string of the molecule is CCCCCCCCCC/C=C\CCCCCCCCCCCCCCCC(=O)NC(COP(=O)([O-])OCC[N+](C)(C)C)C(O)CCCCCCCCCCCCCC. The number of quaternary nitrogens is 1. The van der Waals surface area contributed by atoms with Crippen molar-refractivity contribution in [1.82, 2.24) is 5.32 Å². The third-order valence-electron chi connectivity index (χ3n) is 11.8. The van der Waals surface area contributed by atoms with Gasteiger partial charge in [-0.1, -0.05) is 219 Å². The topological polar surface area (TPSA) is 108 Å². The van der Waals surface area contributed by atoms with Gasteiger partial charge in [-0.15, -0.1) is 0 Å². The number of rotatable bonds is 47. The minimum atomic E-state index is -4.56. The molecule has 9 heteroatoms. The molecule has 2 N–H and O–H groups in total. The van der Waals surface area contributed by atoms with Crippen LogP contribution in [0.3, 0.4) is 0 Å². The van der Waals surface area contributed by atoms with Crippen LogP contribution in [0.15, 0.2) is 12.2 Å². The van der Waals surface area contributed by atoms with E-state index in [9.17, 15) is 19.4 Å². The van der Waals surface area contributed by atoms with E-state index in [1.54, 1.807) is 0 Å². The number of carbonyl (C=O) groups excluding carboxylic acids is 1. The van der Waals surface area contributed by atoms with Gasteiger partial charge in [0.25, 0.3) is 7.82 Å². The van der Waals surface area contributed by atoms with Crippen molar-refractivity contribution >= 4 is 13.7 Å². The molecule has 0 radical (unpaired) electrons. The molecule has 352 valence electrons. The molecular weight excluding hydrogens is 756 g/mol. The van der Waals surface area contributed by atoms with E-state index >= 15 is 0 Å². The Hall–Kier alpha value is -0.760. The second kappa shape index (κ2) is 42.5. The fourth-order valence-corrected chi connectivity index (χ4v) is 8.41. The quantitative estimate of drug-likeness (QED) is 0.0273. The van der Waals surface area contributed by atoms with E-state index in [1.807, 2.05) is 21.1 Å². The Morgan fingerprint density at radius 1 is 0.576 bits per heavy atom. The van der Waals surface area contributed by atoms with Gasteiger partial charge in [-0.25, -0.2) is 0 Å². The zero-order valence-electron chi connectivity index (χ0n) is 40.0. The first-order chi connectivity index (χ1) is 28.5. The molecule has 1 amide bonds. The molecule has 8 nitrogen and oxygen atoms in total. The molecule has 0 heterocycles. The van der Waals surface area contributed by atoms with Crippen molar-refractivity contribution in [2.75, 3.05) is 40.9 Å². The lowest BCUT2D eigenvalue weighted by Crippen LogP contribution is -2.46. The van der Waals surface area contributed by atoms with Crippen molar-refractivity contribution in [2.45, 2.75) is 264 Å². The van der Waals surface area contributed by atoms with Crippen molar-refractivity contribution in [1.29, 1.82) is 0 Å². The predicted octanol–water partition coefficient (Wildman–Crippen LogP) is 14.1. The molecule has 0 aliphatic carbocycles. The summed E-state index contributed by atoms with van der Waals surface area (Å²) < 4.78 is 23.3. The Bertz CT molecular complexity index is 974. The molecule has 0 aliphatic heterocycles. The molecule has 0 fully saturated rings. The molecule has 3 atom stereocenters. The summed E-state index contributed by atoms with van der Waals surface area (Å²) in [5, 5.41) is 13.9. The first-order valence-corrected chi connectivity index (χ1v) is 27.0. The summed E-state index contributed by atoms with van der Waals surface area (Å²) in [7, 11) is 1.31. The number of unbranched alkanes of at least 4 members (excludes halogenated alkanes) is 32. The summed E-state index contributed by atoms with van der Waals surface area (Å²) in [4.78, 5) is 25.4. The van der Waals surface area contributed by atoms with E-state index in [0.29, 0.717) is 23.9 Å². The predicted molar refractivity (Wildman–Crippen MR) is 252 cm³/mol. The number of carbonyl (C=O) groups is 1. The zero-order chi connectivity index (χ0) is 43.6. The molecule has 0 aromatic carbocycles. The van der Waals surface area contributed by atoms with E-state index in [2.05, 4.69) is 31.3 Å². The summed E-state index contributed by atoms with van der Waals surface area (Å²) in [5.41, 5.74) is 0. The van der Waals surface area contributed by atoms with Gasteiger partial charge in [-0.2, -0.15) is 0 Å². The first kappa shape index (κ1) is 58.2. The van der Waals surface area contributed by atoms with Crippen molar-refractivity contribution in [3.8, 4) is 0 Å². The van der Waals surface area contributed by atoms with E-state index in [-0.39, 0.29) is 19.1 Å². The van der Waals surface area contributed by atoms with Gasteiger partial charge in [0.2, 0.25) is 5.91 Å². The molecular formula is C50H101N2O6P. The van der Waals surface area contributed by atoms with Gasteiger partial charge in [-0.05, 0) is 38.5 Å². The Labute approximate surface area is 367 Å². The van der Waals surface area contributed by atoms with Crippen molar-refractivity contribution in [2.24, 2.45) is 0 Å². The maximum atomic E-state index is 12.9. The number of amides is 1. The average molecular weight is 857 g/mol. The van der Waals surface area contributed by atoms with Crippen LogP contribution in [0.2, 0.25) is 0 Å². The number of aliphatic hydroxyl groups is 1. The van der Waals surface area contributed by atoms with E-state index in [1.165, 1.54) is 186 Å². The van der Waals surface area contributed by atoms with Crippen molar-refractivity contribution < 1.29 is 32.9 Å². The third-order valence-corrected chi connectivity index (χ3v) is 12.7. The van der Waals surface area contributed by atoms with Crippen LogP contribution < -0.4 is 10.2 Å². The van der Waals surface area contributed by atoms with E-state index < -0.39 is 20.0 Å². The molecule has 3 unspecified atom stereocenters. The lowest BCUT2D eigenvalue weighted by Gasteiger charge is -2.30. The molecule has 0 aromatic heterocycles. The fraction of sp³-hybridized carbons (Fsp3) is 0.940. The highest BCUT2D eigenvalue weighted by Gasteiger charge is 2.24. The number of phosphoric ester groups is 1. The minimum Gasteiger partial charge on any atom is -0.756 e. The van der Waals surface area contributed by atoms with Gasteiger partial charge >= 0.3 is 0 Å². The smallest absolute Gasteiger partial charge is 0.268 e. The maximum absolute atomic E-state index is 12.9. The highest BCUT2D eigenvalue weighted by atomic mass is 31.2. The monoisotopic (exact) mass is 857 g/mol. The molecule has 0 aromatic rings. The highest BCUT2D eigenvalue weighted by molar-refractivity contribution is 7.45. The number of phosphoric acid groups is 1. The minimum absolute atomic E-state index is 0.0145. The lowest BCUT2D eigenvalue weighted by atomic mass is 10.0. The summed E-state index contributed by atoms with van der Waals surface area (Å²) in [5.74, 6) is -0.162. The van der Waals surface area contributed by atoms with Crippen LogP contribution in [-0.4, -0.2) is 68.5 Å². The van der Waals surface area contributed by atoms with Crippen molar-refractivity contribution in [3.63, 3.8) is 0 Å². The number of nitrogens with zero attached hydrogens (tertiary/aromatic N) is 1. The van der Waals surface area contributed by atoms with E-state index in [0.717, 1.165) is 38.5 Å². The summed E-state index contributed by atoms with van der Waals surface area (Å²) in [6.07, 6.45) is 49.4. The molecule has 0 saturated heterocycles. The average Bonchev–Trinajstić information content (AvgIpc) is 3.19. The van der Waals surface area contributed by atoms with Crippen LogP contribution in [0, 0.1) is 0 Å². The standard InChI is InChI=1S/C50H101N2O6P/c1-6-8-10-12-14-16-18-20-21-22-23-24-25-26-27-28-29-30-31-32-34-36-38-40-42-44-50(54)51-48(47-58-59(55,56)57-46-45-52(3,4)5)49(53)43-41-39-37-35-33-19-17-15-13-11-9-7-2/h22-23,48-49,53H,6-21,24-47H2,1-5H3,(H-,51,54,55,56)/b23-22-. The molecule has 0 aliphatic rings. The fourth-order valence-electron chi connectivity index (χ4n) is 7.68. The number of likely N-dealkylation sites (N-methyl/N-ethyl adjacent to an activating group) is 1. The van der Waals surface area contributed by atoms with Crippen molar-refractivity contribution in [3.05, 3.63) is 12.2 Å². The number of nitrogens with one attached hydrogen (secondary N) is 1. The Balaban J connectivity index is 4.12. The van der Waals surface area contributed by atoms with Gasteiger partial charge in [0.15, 0.2) is 0 Å². The summed E-state index contributed by atoms with van der Waals surface area (Å²) in [6, 6.07) is -0.796. The number of hydrogen-bond acceptors (Lipinski definition) is 6. The van der Waals surface area contributed by atoms with Gasteiger partial charge in [0.05, 0.1) is 39.9 Å². The lowest BCUT2D eigenvalue weighted by molar-refractivity contribution is -0.870. The second-order valence-corrected chi connectivity index (χ2v) is 20.3. The molecule has 0 bridgehead atoms. The van der Waals surface area contributed by atoms with Crippen LogP contribution in [-0.2, 0) is 18.4 Å². The van der Waals surface area contributed by atoms with Gasteiger partial charge < -0.3 is 28.8 Å². The van der Waals surface area contributed by atoms with Gasteiger partial charge in [0.1, 0.15) is 13.2 Å². The number of aliphatic hydroxyl groups excluding tert-OH is 1. The zero-order valence-corrected chi connectivity index (χ0v) is 40.9.